The molecule has 1 unspecified atom stereocenters. The molecule has 2 nitrogen and oxygen atoms in total. The van der Waals surface area contributed by atoms with E-state index in [0.717, 1.165) is 12.8 Å². The number of hydrogen-bond donors (Lipinski definition) is 2. The highest BCUT2D eigenvalue weighted by Crippen LogP contribution is 2.26. The van der Waals surface area contributed by atoms with Gasteiger partial charge in [0.2, 0.25) is 0 Å². The summed E-state index contributed by atoms with van der Waals surface area (Å²) in [5.74, 6) is 0. The lowest BCUT2D eigenvalue weighted by Crippen LogP contribution is -2.25. The highest BCUT2D eigenvalue weighted by Gasteiger charge is 2.24. The van der Waals surface area contributed by atoms with Gasteiger partial charge in [0.05, 0.1) is 0 Å². The van der Waals surface area contributed by atoms with Crippen molar-refractivity contribution in [1.82, 2.24) is 0 Å². The van der Waals surface area contributed by atoms with Crippen molar-refractivity contribution in [3.05, 3.63) is 0 Å². The van der Waals surface area contributed by atoms with Crippen LogP contribution in [-0.2, 0) is 0 Å². The number of hydrogen-bond acceptors (Lipinski definition) is 2. The first-order valence-corrected chi connectivity index (χ1v) is 8.72. The van der Waals surface area contributed by atoms with Gasteiger partial charge in [-0.3, -0.25) is 0 Å². The van der Waals surface area contributed by atoms with Crippen LogP contribution in [0.1, 0.15) is 12.8 Å². The first kappa shape index (κ1) is 12.0. The minimum absolute atomic E-state index is 0.0862. The predicted octanol–water partition coefficient (Wildman–Crippen LogP) is 1.71. The lowest BCUT2D eigenvalue weighted by atomic mass is 10.2. The van der Waals surface area contributed by atoms with E-state index >= 15 is 0 Å². The fourth-order valence-corrected chi connectivity index (χ4v) is 2.39. The maximum Gasteiger partial charge on any atom is 0.341 e. The topological polar surface area (TPSA) is 52.0 Å². The second kappa shape index (κ2) is 5.62. The molecule has 0 saturated carbocycles. The number of nitrogens with two attached hydrogens (primary N) is 2. The molecule has 4 N–H and O–H groups in total. The van der Waals surface area contributed by atoms with Crippen molar-refractivity contribution in [1.29, 1.82) is 0 Å². The van der Waals surface area contributed by atoms with Crippen LogP contribution >= 0.6 is 33.2 Å². The van der Waals surface area contributed by atoms with Gasteiger partial charge in [-0.1, -0.05) is 0 Å². The summed E-state index contributed by atoms with van der Waals surface area (Å²) in [6.07, 6.45) is 1.56. The summed E-state index contributed by atoms with van der Waals surface area (Å²) in [5.41, 5.74) is 11.0. The Kier molecular flexibility index (Phi) is 6.13. The SMILES string of the molecule is NCCC(N)CC[Si](Cl)(Cl)Cl. The molecule has 0 heterocycles. The average molecular weight is 236 g/mol. The highest BCUT2D eigenvalue weighted by molar-refractivity contribution is 7.64. The third-order valence-electron chi connectivity index (χ3n) is 1.34. The van der Waals surface area contributed by atoms with Crippen molar-refractivity contribution in [3.63, 3.8) is 0 Å². The molecule has 0 aliphatic rings. The van der Waals surface area contributed by atoms with Gasteiger partial charge < -0.3 is 11.5 Å². The Bertz CT molecular complexity index is 106. The molecular weight excluding hydrogens is 223 g/mol. The second-order valence-corrected chi connectivity index (χ2v) is 11.8. The quantitative estimate of drug-likeness (QED) is 0.563. The molecule has 0 rings (SSSR count). The molecule has 0 spiro atoms. The van der Waals surface area contributed by atoms with Crippen LogP contribution in [0.15, 0.2) is 0 Å². The smallest absolute Gasteiger partial charge is 0.330 e. The molecule has 0 bridgehead atoms. The Balaban J connectivity index is 3.38. The van der Waals surface area contributed by atoms with Crippen LogP contribution in [0.5, 0.6) is 0 Å². The number of halogens is 3. The van der Waals surface area contributed by atoms with E-state index < -0.39 is 6.00 Å². The number of rotatable bonds is 5. The maximum absolute atomic E-state index is 5.66. The molecule has 0 fully saturated rings. The maximum atomic E-state index is 5.66. The van der Waals surface area contributed by atoms with E-state index in [1.165, 1.54) is 0 Å². The van der Waals surface area contributed by atoms with E-state index in [1.54, 1.807) is 0 Å². The van der Waals surface area contributed by atoms with E-state index in [0.29, 0.717) is 12.6 Å². The first-order chi connectivity index (χ1) is 4.95. The van der Waals surface area contributed by atoms with Crippen LogP contribution in [0.2, 0.25) is 6.04 Å². The van der Waals surface area contributed by atoms with Crippen molar-refractivity contribution < 1.29 is 0 Å². The normalized spacial score (nSPS) is 15.0. The lowest BCUT2D eigenvalue weighted by Gasteiger charge is -2.12. The Hall–Kier alpha value is 1.01. The van der Waals surface area contributed by atoms with Crippen LogP contribution < -0.4 is 11.5 Å². The molecule has 0 saturated heterocycles. The zero-order valence-corrected chi connectivity index (χ0v) is 9.46. The van der Waals surface area contributed by atoms with Gasteiger partial charge in [-0.05, 0) is 25.4 Å². The van der Waals surface area contributed by atoms with Gasteiger partial charge in [0.15, 0.2) is 0 Å². The zero-order valence-electron chi connectivity index (χ0n) is 6.19. The lowest BCUT2D eigenvalue weighted by molar-refractivity contribution is 0.603. The van der Waals surface area contributed by atoms with Crippen LogP contribution in [0.25, 0.3) is 0 Å². The summed E-state index contributed by atoms with van der Waals surface area (Å²) < 4.78 is 0. The van der Waals surface area contributed by atoms with Gasteiger partial charge in [0.25, 0.3) is 0 Å². The summed E-state index contributed by atoms with van der Waals surface area (Å²) >= 11 is 17.0. The average Bonchev–Trinajstić information content (AvgIpc) is 1.83. The van der Waals surface area contributed by atoms with Crippen LogP contribution in [0, 0.1) is 0 Å². The summed E-state index contributed by atoms with van der Waals surface area (Å²) in [5, 5.41) is 0. The van der Waals surface area contributed by atoms with Gasteiger partial charge in [-0.15, -0.1) is 33.2 Å². The van der Waals surface area contributed by atoms with Crippen molar-refractivity contribution in [2.24, 2.45) is 11.5 Å². The fraction of sp³-hybridized carbons (Fsp3) is 1.00. The Morgan fingerprint density at radius 1 is 1.18 bits per heavy atom. The fourth-order valence-electron chi connectivity index (χ4n) is 0.707. The minimum Gasteiger partial charge on any atom is -0.330 e. The minimum atomic E-state index is -2.45. The molecule has 68 valence electrons. The van der Waals surface area contributed by atoms with E-state index in [9.17, 15) is 0 Å². The molecule has 6 heteroatoms. The Labute approximate surface area is 82.3 Å². The Morgan fingerprint density at radius 3 is 2.09 bits per heavy atom. The van der Waals surface area contributed by atoms with E-state index in [4.69, 9.17) is 44.7 Å². The molecule has 0 amide bonds. The second-order valence-electron chi connectivity index (χ2n) is 2.49. The highest BCUT2D eigenvalue weighted by atomic mass is 35.8. The largest absolute Gasteiger partial charge is 0.341 e. The molecule has 0 aromatic rings. The molecule has 1 atom stereocenters. The van der Waals surface area contributed by atoms with E-state index in [2.05, 4.69) is 0 Å². The summed E-state index contributed by atoms with van der Waals surface area (Å²) in [4.78, 5) is 0. The van der Waals surface area contributed by atoms with Crippen molar-refractivity contribution in [2.75, 3.05) is 6.54 Å². The molecule has 0 aromatic carbocycles. The Morgan fingerprint density at radius 2 is 1.73 bits per heavy atom. The van der Waals surface area contributed by atoms with Crippen LogP contribution in [-0.4, -0.2) is 18.6 Å². The monoisotopic (exact) mass is 234 g/mol. The third-order valence-corrected chi connectivity index (χ3v) is 3.89. The first-order valence-electron chi connectivity index (χ1n) is 3.48. The molecule has 11 heavy (non-hydrogen) atoms. The van der Waals surface area contributed by atoms with Gasteiger partial charge in [-0.25, -0.2) is 0 Å². The summed E-state index contributed by atoms with van der Waals surface area (Å²) in [6, 6.07) is -1.74. The summed E-state index contributed by atoms with van der Waals surface area (Å²) in [7, 11) is 0. The molecular formula is C5H13Cl3N2Si. The third kappa shape index (κ3) is 8.92. The molecule has 0 aliphatic heterocycles. The van der Waals surface area contributed by atoms with Gasteiger partial charge in [-0.2, -0.15) is 0 Å². The molecule has 0 radical (unpaired) electrons. The van der Waals surface area contributed by atoms with Gasteiger partial charge in [0.1, 0.15) is 0 Å². The zero-order chi connectivity index (χ0) is 8.91. The van der Waals surface area contributed by atoms with Crippen molar-refractivity contribution >= 4 is 39.2 Å². The van der Waals surface area contributed by atoms with Crippen molar-refractivity contribution in [3.8, 4) is 0 Å². The van der Waals surface area contributed by atoms with Crippen LogP contribution in [0.4, 0.5) is 0 Å². The predicted molar refractivity (Wildman–Crippen MR) is 54.4 cm³/mol. The molecule has 0 aliphatic carbocycles. The van der Waals surface area contributed by atoms with E-state index in [-0.39, 0.29) is 6.04 Å². The standard InChI is InChI=1S/C5H13Cl3N2Si/c6-11(7,8)4-2-5(10)1-3-9/h5H,1-4,9-10H2. The molecule has 0 aromatic heterocycles. The van der Waals surface area contributed by atoms with Crippen molar-refractivity contribution in [2.45, 2.75) is 24.9 Å². The van der Waals surface area contributed by atoms with E-state index in [1.807, 2.05) is 0 Å². The van der Waals surface area contributed by atoms with Crippen LogP contribution in [0.3, 0.4) is 0 Å². The van der Waals surface area contributed by atoms with Gasteiger partial charge >= 0.3 is 6.00 Å². The van der Waals surface area contributed by atoms with Gasteiger partial charge in [0, 0.05) is 6.04 Å². The summed E-state index contributed by atoms with van der Waals surface area (Å²) in [6.45, 7) is 0.600.